The molecular weight excluding hydrogens is 508 g/mol. The fraction of sp³-hybridized carbons (Fsp3) is 0.0732. The van der Waals surface area contributed by atoms with Crippen LogP contribution in [0.1, 0.15) is 45.5 Å². The molecule has 0 radical (unpaired) electrons. The van der Waals surface area contributed by atoms with E-state index >= 15 is 0 Å². The lowest BCUT2D eigenvalue weighted by molar-refractivity contribution is 0.660. The highest BCUT2D eigenvalue weighted by Crippen LogP contribution is 2.51. The van der Waals surface area contributed by atoms with Crippen LogP contribution in [-0.4, -0.2) is 0 Å². The molecule has 0 saturated heterocycles. The highest BCUT2D eigenvalue weighted by molar-refractivity contribution is 6.22. The molecule has 0 atom stereocenters. The van der Waals surface area contributed by atoms with E-state index in [1.165, 1.54) is 0 Å². The molecule has 1 nitrogen and oxygen atoms in total. The molecule has 0 fully saturated rings. The van der Waals surface area contributed by atoms with E-state index in [2.05, 4.69) is 0 Å². The van der Waals surface area contributed by atoms with E-state index in [9.17, 15) is 9.60 Å². The van der Waals surface area contributed by atoms with Gasteiger partial charge in [0.25, 0.3) is 0 Å². The van der Waals surface area contributed by atoms with Crippen LogP contribution < -0.4 is 0 Å². The molecule has 198 valence electrons. The summed E-state index contributed by atoms with van der Waals surface area (Å²) in [6.45, 7) is 3.28. The third-order valence-corrected chi connectivity index (χ3v) is 8.29. The van der Waals surface area contributed by atoms with E-state index in [-0.39, 0.29) is 66.5 Å². The maximum atomic E-state index is 9.81. The van der Waals surface area contributed by atoms with E-state index in [0.717, 1.165) is 5.39 Å². The molecule has 0 aliphatic heterocycles. The molecule has 0 amide bonds. The summed E-state index contributed by atoms with van der Waals surface area (Å²) in [7, 11) is 0. The Kier molecular flexibility index (Phi) is 2.66. The minimum Gasteiger partial charge on any atom is -0.456 e. The van der Waals surface area contributed by atoms with Crippen molar-refractivity contribution in [1.29, 1.82) is 0 Å². The van der Waals surface area contributed by atoms with Crippen molar-refractivity contribution in [2.75, 3.05) is 0 Å². The standard InChI is InChI=1S/C41H28O/c1-41(2)35-17-9-7-11-27(35)33-23-25(19-21-36(33)41)39-29-13-3-5-15-31(29)40(32-16-6-4-14-30(32)39)26-20-22-38-34(24-26)28-12-8-10-18-37(28)42-38/h3-24H,1-2H3/i3D,4D,5D,6D,7D,9D,11D,13D,14D,15D,16D,17D,19D,21D,23D. The molecule has 1 aliphatic rings. The summed E-state index contributed by atoms with van der Waals surface area (Å²) in [5.74, 6) is 0. The average Bonchev–Trinajstić information content (AvgIpc) is 3.68. The zero-order valence-electron chi connectivity index (χ0n) is 37.4. The van der Waals surface area contributed by atoms with E-state index in [4.69, 9.17) is 15.4 Å². The van der Waals surface area contributed by atoms with Crippen LogP contribution in [0.25, 0.3) is 76.9 Å². The Morgan fingerprint density at radius 1 is 0.524 bits per heavy atom. The molecule has 0 saturated carbocycles. The van der Waals surface area contributed by atoms with E-state index in [1.54, 1.807) is 38.1 Å². The van der Waals surface area contributed by atoms with Gasteiger partial charge in [0.1, 0.15) is 11.2 Å². The van der Waals surface area contributed by atoms with Crippen molar-refractivity contribution >= 4 is 43.5 Å². The van der Waals surface area contributed by atoms with E-state index < -0.39 is 90.0 Å². The van der Waals surface area contributed by atoms with E-state index in [1.807, 2.05) is 18.2 Å². The summed E-state index contributed by atoms with van der Waals surface area (Å²) in [6.07, 6.45) is 0. The van der Waals surface area contributed by atoms with Crippen molar-refractivity contribution in [3.63, 3.8) is 0 Å². The monoisotopic (exact) mass is 551 g/mol. The van der Waals surface area contributed by atoms with E-state index in [0.29, 0.717) is 22.1 Å². The minimum atomic E-state index is -1.28. The molecule has 0 unspecified atom stereocenters. The topological polar surface area (TPSA) is 13.1 Å². The first-order chi connectivity index (χ1) is 26.8. The van der Waals surface area contributed by atoms with Gasteiger partial charge in [-0.25, -0.2) is 0 Å². The molecule has 1 aliphatic carbocycles. The van der Waals surface area contributed by atoms with Gasteiger partial charge in [0, 0.05) is 16.2 Å². The smallest absolute Gasteiger partial charge is 0.135 e. The van der Waals surface area contributed by atoms with Crippen LogP contribution in [0.5, 0.6) is 0 Å². The fourth-order valence-electron chi connectivity index (χ4n) is 6.33. The zero-order valence-corrected chi connectivity index (χ0v) is 22.4. The Morgan fingerprint density at radius 3 is 1.86 bits per heavy atom. The summed E-state index contributed by atoms with van der Waals surface area (Å²) in [4.78, 5) is 0. The number of rotatable bonds is 2. The Hall–Kier alpha value is -5.14. The Bertz CT molecular complexity index is 3140. The van der Waals surface area contributed by atoms with Crippen LogP contribution in [0.2, 0.25) is 0 Å². The molecular formula is C41H28O. The van der Waals surface area contributed by atoms with Gasteiger partial charge in [0.2, 0.25) is 0 Å². The van der Waals surface area contributed by atoms with Crippen molar-refractivity contribution in [3.05, 3.63) is 144 Å². The van der Waals surface area contributed by atoms with Crippen LogP contribution in [0.3, 0.4) is 0 Å². The van der Waals surface area contributed by atoms with Crippen molar-refractivity contribution < 1.29 is 25.0 Å². The molecule has 9 rings (SSSR count). The second kappa shape index (κ2) is 8.44. The summed E-state index contributed by atoms with van der Waals surface area (Å²) in [5.41, 5.74) is -0.368. The largest absolute Gasteiger partial charge is 0.456 e. The van der Waals surface area contributed by atoms with Gasteiger partial charge in [0.15, 0.2) is 0 Å². The molecule has 0 bridgehead atoms. The van der Waals surface area contributed by atoms with Crippen LogP contribution in [0.4, 0.5) is 0 Å². The number of para-hydroxylation sites is 1. The predicted octanol–water partition coefficient (Wildman–Crippen LogP) is 11.5. The van der Waals surface area contributed by atoms with Gasteiger partial charge < -0.3 is 4.42 Å². The van der Waals surface area contributed by atoms with Gasteiger partial charge >= 0.3 is 0 Å². The third kappa shape index (κ3) is 3.14. The Morgan fingerprint density at radius 2 is 1.12 bits per heavy atom. The number of hydrogen-bond donors (Lipinski definition) is 0. The molecule has 0 N–H and O–H groups in total. The van der Waals surface area contributed by atoms with Crippen LogP contribution in [-0.2, 0) is 5.41 Å². The van der Waals surface area contributed by atoms with Gasteiger partial charge in [-0.15, -0.1) is 0 Å². The van der Waals surface area contributed by atoms with Crippen LogP contribution in [0.15, 0.2) is 138 Å². The molecule has 1 heterocycles. The molecule has 8 aromatic rings. The van der Waals surface area contributed by atoms with Gasteiger partial charge in [0.05, 0.1) is 20.6 Å². The highest BCUT2D eigenvalue weighted by atomic mass is 16.3. The average molecular weight is 552 g/mol. The quantitative estimate of drug-likeness (QED) is 0.195. The molecule has 1 heteroatoms. The Balaban J connectivity index is 1.57. The van der Waals surface area contributed by atoms with Crippen molar-refractivity contribution in [2.45, 2.75) is 19.3 Å². The SMILES string of the molecule is [2H]c1c([2H])c([2H])c2c(c1[2H])-c1c([2H])c(-c3c4c([2H])c([2H])c([2H])c([2H])c4c(-c4ccc5oc6ccccc6c5c4)c4c([2H])c([2H])c([2H])c([2H])c34)c([2H])c([2H])c1C2(C)C. The maximum absolute atomic E-state index is 9.81. The molecule has 7 aromatic carbocycles. The lowest BCUT2D eigenvalue weighted by Crippen LogP contribution is -2.14. The van der Waals surface area contributed by atoms with Gasteiger partial charge in [-0.05, 0) is 90.3 Å². The lowest BCUT2D eigenvalue weighted by atomic mass is 9.81. The lowest BCUT2D eigenvalue weighted by Gasteiger charge is -2.22. The maximum Gasteiger partial charge on any atom is 0.135 e. The first kappa shape index (κ1) is 13.2. The minimum absolute atomic E-state index is 0.0459. The second-order valence-electron chi connectivity index (χ2n) is 10.9. The number of furan rings is 1. The fourth-order valence-corrected chi connectivity index (χ4v) is 6.33. The summed E-state index contributed by atoms with van der Waals surface area (Å²) >= 11 is 0. The van der Waals surface area contributed by atoms with Gasteiger partial charge in [-0.1, -0.05) is 123 Å². The molecule has 42 heavy (non-hydrogen) atoms. The number of fused-ring (bicyclic) bond motifs is 8. The first-order valence-corrected chi connectivity index (χ1v) is 13.5. The van der Waals surface area contributed by atoms with Crippen LogP contribution in [0, 0.1) is 0 Å². The Labute approximate surface area is 265 Å². The summed E-state index contributed by atoms with van der Waals surface area (Å²) < 4.78 is 142. The van der Waals surface area contributed by atoms with Crippen molar-refractivity contribution in [3.8, 4) is 33.4 Å². The number of benzene rings is 7. The molecule has 1 aromatic heterocycles. The number of hydrogen-bond acceptors (Lipinski definition) is 1. The van der Waals surface area contributed by atoms with Crippen molar-refractivity contribution in [2.24, 2.45) is 0 Å². The van der Waals surface area contributed by atoms with Crippen molar-refractivity contribution in [1.82, 2.24) is 0 Å². The summed E-state index contributed by atoms with van der Waals surface area (Å²) in [6, 6.07) is 3.95. The second-order valence-corrected chi connectivity index (χ2v) is 10.9. The first-order valence-electron chi connectivity index (χ1n) is 21.0. The normalized spacial score (nSPS) is 18.7. The van der Waals surface area contributed by atoms with Gasteiger partial charge in [-0.3, -0.25) is 0 Å². The predicted molar refractivity (Wildman–Crippen MR) is 177 cm³/mol. The van der Waals surface area contributed by atoms with Gasteiger partial charge in [-0.2, -0.15) is 0 Å². The summed E-state index contributed by atoms with van der Waals surface area (Å²) in [5, 5.41) is 0.589. The highest BCUT2D eigenvalue weighted by Gasteiger charge is 2.35. The zero-order chi connectivity index (χ0) is 41.1. The van der Waals surface area contributed by atoms with Crippen LogP contribution >= 0.6 is 0 Å². The third-order valence-electron chi connectivity index (χ3n) is 8.29. The molecule has 0 spiro atoms.